The number of hydrogen-bond acceptors (Lipinski definition) is 1. The number of rotatable bonds is 0. The molecule has 1 unspecified atom stereocenters. The summed E-state index contributed by atoms with van der Waals surface area (Å²) in [5, 5.41) is 0. The zero-order chi connectivity index (χ0) is 9.47. The molecule has 0 bridgehead atoms. The molecule has 0 aliphatic heterocycles. The number of carbonyl (C=O) groups excluding carboxylic acids is 1. The molecule has 0 N–H and O–H groups in total. The maximum atomic E-state index is 11.2. The molecule has 0 radical (unpaired) electrons. The lowest BCUT2D eigenvalue weighted by molar-refractivity contribution is -0.115. The first-order valence-corrected chi connectivity index (χ1v) is 5.06. The first kappa shape index (κ1) is 8.74. The Bertz CT molecular complexity index is 309. The second-order valence-corrected chi connectivity index (χ2v) is 4.28. The highest BCUT2D eigenvalue weighted by Crippen LogP contribution is 2.51. The standard InChI is InChI=1S/C12H16O/c1-3-9-4-5-10-8-11(13)6-7-12(9,10)2/h3,8H,4-7H2,1-2H3/b9-3+. The Hall–Kier alpha value is -0.850. The summed E-state index contributed by atoms with van der Waals surface area (Å²) in [4.78, 5) is 11.2. The minimum atomic E-state index is 0.239. The molecule has 70 valence electrons. The third-order valence-electron chi connectivity index (χ3n) is 3.64. The Labute approximate surface area is 79.5 Å². The van der Waals surface area contributed by atoms with E-state index in [1.165, 1.54) is 11.1 Å². The summed E-state index contributed by atoms with van der Waals surface area (Å²) in [6, 6.07) is 0. The first-order chi connectivity index (χ1) is 6.16. The van der Waals surface area contributed by atoms with Crippen LogP contribution in [0.25, 0.3) is 0 Å². The van der Waals surface area contributed by atoms with E-state index in [2.05, 4.69) is 19.9 Å². The molecule has 1 nitrogen and oxygen atoms in total. The summed E-state index contributed by atoms with van der Waals surface area (Å²) in [6.07, 6.45) is 8.14. The van der Waals surface area contributed by atoms with Gasteiger partial charge in [0.25, 0.3) is 0 Å². The molecule has 0 saturated heterocycles. The van der Waals surface area contributed by atoms with Crippen LogP contribution in [0.5, 0.6) is 0 Å². The van der Waals surface area contributed by atoms with Crippen LogP contribution in [0.3, 0.4) is 0 Å². The van der Waals surface area contributed by atoms with E-state index in [0.717, 1.165) is 25.7 Å². The number of carbonyl (C=O) groups is 1. The van der Waals surface area contributed by atoms with Crippen LogP contribution >= 0.6 is 0 Å². The van der Waals surface area contributed by atoms with Crippen LogP contribution in [0, 0.1) is 5.41 Å². The molecular weight excluding hydrogens is 160 g/mol. The summed E-state index contributed by atoms with van der Waals surface area (Å²) in [6.45, 7) is 4.40. The first-order valence-electron chi connectivity index (χ1n) is 5.06. The van der Waals surface area contributed by atoms with Crippen molar-refractivity contribution in [3.8, 4) is 0 Å². The number of allylic oxidation sites excluding steroid dienone is 4. The van der Waals surface area contributed by atoms with Crippen molar-refractivity contribution >= 4 is 5.78 Å². The van der Waals surface area contributed by atoms with Gasteiger partial charge in [0, 0.05) is 11.8 Å². The lowest BCUT2D eigenvalue weighted by Crippen LogP contribution is -2.22. The van der Waals surface area contributed by atoms with Crippen LogP contribution in [0.1, 0.15) is 39.5 Å². The smallest absolute Gasteiger partial charge is 0.155 e. The minimum Gasteiger partial charge on any atom is -0.295 e. The fourth-order valence-corrected chi connectivity index (χ4v) is 2.68. The minimum absolute atomic E-state index is 0.239. The van der Waals surface area contributed by atoms with Crippen molar-refractivity contribution in [1.82, 2.24) is 0 Å². The van der Waals surface area contributed by atoms with Crippen LogP contribution in [0.4, 0.5) is 0 Å². The molecule has 1 saturated carbocycles. The van der Waals surface area contributed by atoms with E-state index < -0.39 is 0 Å². The van der Waals surface area contributed by atoms with Crippen molar-refractivity contribution < 1.29 is 4.79 Å². The van der Waals surface area contributed by atoms with Crippen LogP contribution in [-0.2, 0) is 4.79 Å². The van der Waals surface area contributed by atoms with Gasteiger partial charge >= 0.3 is 0 Å². The fourth-order valence-electron chi connectivity index (χ4n) is 2.68. The van der Waals surface area contributed by atoms with Gasteiger partial charge in [-0.3, -0.25) is 4.79 Å². The average molecular weight is 176 g/mol. The monoisotopic (exact) mass is 176 g/mol. The third-order valence-corrected chi connectivity index (χ3v) is 3.64. The van der Waals surface area contributed by atoms with Gasteiger partial charge in [-0.05, 0) is 32.3 Å². The summed E-state index contributed by atoms with van der Waals surface area (Å²) in [5.41, 5.74) is 3.14. The van der Waals surface area contributed by atoms with Gasteiger partial charge in [0.15, 0.2) is 5.78 Å². The molecule has 0 aromatic heterocycles. The number of hydrogen-bond donors (Lipinski definition) is 0. The predicted molar refractivity (Wildman–Crippen MR) is 53.4 cm³/mol. The van der Waals surface area contributed by atoms with E-state index in [1.807, 2.05) is 6.08 Å². The molecule has 2 rings (SSSR count). The SMILES string of the molecule is C/C=C1\CCC2=CC(=O)CCC21C. The maximum absolute atomic E-state index is 11.2. The van der Waals surface area contributed by atoms with Crippen molar-refractivity contribution in [2.45, 2.75) is 39.5 Å². The number of ketones is 1. The molecule has 2 aliphatic rings. The van der Waals surface area contributed by atoms with Gasteiger partial charge in [-0.15, -0.1) is 0 Å². The van der Waals surface area contributed by atoms with Crippen molar-refractivity contribution in [3.05, 3.63) is 23.3 Å². The highest BCUT2D eigenvalue weighted by molar-refractivity contribution is 5.92. The van der Waals surface area contributed by atoms with E-state index in [4.69, 9.17) is 0 Å². The van der Waals surface area contributed by atoms with Crippen LogP contribution in [-0.4, -0.2) is 5.78 Å². The van der Waals surface area contributed by atoms with Gasteiger partial charge in [-0.2, -0.15) is 0 Å². The Balaban J connectivity index is 2.43. The third kappa shape index (κ3) is 1.18. The van der Waals surface area contributed by atoms with E-state index in [0.29, 0.717) is 5.78 Å². The van der Waals surface area contributed by atoms with Crippen LogP contribution < -0.4 is 0 Å². The Kier molecular flexibility index (Phi) is 1.90. The Morgan fingerprint density at radius 3 is 2.85 bits per heavy atom. The van der Waals surface area contributed by atoms with Gasteiger partial charge in [-0.1, -0.05) is 24.1 Å². The molecule has 0 aromatic rings. The average Bonchev–Trinajstić information content (AvgIpc) is 2.42. The van der Waals surface area contributed by atoms with Gasteiger partial charge in [0.05, 0.1) is 0 Å². The van der Waals surface area contributed by atoms with Crippen molar-refractivity contribution in [1.29, 1.82) is 0 Å². The van der Waals surface area contributed by atoms with Gasteiger partial charge in [-0.25, -0.2) is 0 Å². The van der Waals surface area contributed by atoms with Crippen LogP contribution in [0.15, 0.2) is 23.3 Å². The highest BCUT2D eigenvalue weighted by Gasteiger charge is 2.40. The van der Waals surface area contributed by atoms with Crippen molar-refractivity contribution in [2.75, 3.05) is 0 Å². The summed E-state index contributed by atoms with van der Waals surface area (Å²) < 4.78 is 0. The van der Waals surface area contributed by atoms with Crippen molar-refractivity contribution in [2.24, 2.45) is 5.41 Å². The molecule has 0 heterocycles. The zero-order valence-corrected chi connectivity index (χ0v) is 8.39. The van der Waals surface area contributed by atoms with Gasteiger partial charge in [0.1, 0.15) is 0 Å². The molecule has 0 spiro atoms. The summed E-state index contributed by atoms with van der Waals surface area (Å²) in [7, 11) is 0. The molecular formula is C12H16O. The van der Waals surface area contributed by atoms with Gasteiger partial charge in [0.2, 0.25) is 0 Å². The normalized spacial score (nSPS) is 36.3. The lowest BCUT2D eigenvalue weighted by Gasteiger charge is -2.30. The lowest BCUT2D eigenvalue weighted by atomic mass is 9.73. The van der Waals surface area contributed by atoms with Crippen LogP contribution in [0.2, 0.25) is 0 Å². The molecule has 0 aromatic carbocycles. The molecule has 0 amide bonds. The molecule has 13 heavy (non-hydrogen) atoms. The molecule has 2 aliphatic carbocycles. The summed E-state index contributed by atoms with van der Waals surface area (Å²) >= 11 is 0. The molecule has 1 fully saturated rings. The fraction of sp³-hybridized carbons (Fsp3) is 0.583. The topological polar surface area (TPSA) is 17.1 Å². The van der Waals surface area contributed by atoms with Gasteiger partial charge < -0.3 is 0 Å². The van der Waals surface area contributed by atoms with E-state index in [-0.39, 0.29) is 5.41 Å². The maximum Gasteiger partial charge on any atom is 0.155 e. The molecule has 1 atom stereocenters. The Morgan fingerprint density at radius 1 is 1.38 bits per heavy atom. The largest absolute Gasteiger partial charge is 0.295 e. The van der Waals surface area contributed by atoms with E-state index in [1.54, 1.807) is 0 Å². The Morgan fingerprint density at radius 2 is 2.15 bits per heavy atom. The second kappa shape index (κ2) is 2.83. The van der Waals surface area contributed by atoms with E-state index >= 15 is 0 Å². The quantitative estimate of drug-likeness (QED) is 0.518. The zero-order valence-electron chi connectivity index (χ0n) is 8.39. The predicted octanol–water partition coefficient (Wildman–Crippen LogP) is 3.02. The summed E-state index contributed by atoms with van der Waals surface area (Å²) in [5.74, 6) is 0.324. The van der Waals surface area contributed by atoms with Crippen molar-refractivity contribution in [3.63, 3.8) is 0 Å². The second-order valence-electron chi connectivity index (χ2n) is 4.28. The number of fused-ring (bicyclic) bond motifs is 1. The van der Waals surface area contributed by atoms with E-state index in [9.17, 15) is 4.79 Å². The highest BCUT2D eigenvalue weighted by atomic mass is 16.1. The molecule has 1 heteroatoms.